The second-order valence-electron chi connectivity index (χ2n) is 1.48. The summed E-state index contributed by atoms with van der Waals surface area (Å²) in [7, 11) is 1.60. The van der Waals surface area contributed by atoms with E-state index in [0.717, 1.165) is 0 Å². The van der Waals surface area contributed by atoms with Gasteiger partial charge >= 0.3 is 5.97 Å². The van der Waals surface area contributed by atoms with E-state index in [-0.39, 0.29) is 3.26 Å². The minimum absolute atomic E-state index is 0.190. The van der Waals surface area contributed by atoms with E-state index >= 15 is 0 Å². The van der Waals surface area contributed by atoms with Crippen molar-refractivity contribution in [2.75, 3.05) is 7.05 Å². The average Bonchev–Trinajstić information content (AvgIpc) is 1.64. The highest BCUT2D eigenvalue weighted by Crippen LogP contribution is 2.09. The molecule has 0 amide bonds. The molecule has 0 aromatic carbocycles. The van der Waals surface area contributed by atoms with Crippen LogP contribution in [0.15, 0.2) is 0 Å². The molecule has 0 rings (SSSR count). The second-order valence-corrected chi connectivity index (χ2v) is 4.36. The summed E-state index contributed by atoms with van der Waals surface area (Å²) in [5.74, 6) is -0.869. The Morgan fingerprint density at radius 2 is 2.33 bits per heavy atom. The molecule has 0 aliphatic rings. The molecule has 0 heterocycles. The molecule has 5 heteroatoms. The molecule has 0 saturated carbocycles. The number of thiol groups is 1. The van der Waals surface area contributed by atoms with Crippen LogP contribution in [0.2, 0.25) is 0 Å². The van der Waals surface area contributed by atoms with Gasteiger partial charge < -0.3 is 10.4 Å². The maximum Gasteiger partial charge on any atom is 0.322 e. The molecule has 0 spiro atoms. The normalized spacial score (nSPS) is 16.8. The maximum atomic E-state index is 10.3. The molecule has 2 N–H and O–H groups in total. The Labute approximate surface area is 72.8 Å². The van der Waals surface area contributed by atoms with Crippen LogP contribution in [0.5, 0.6) is 0 Å². The quantitative estimate of drug-likeness (QED) is 0.390. The highest BCUT2D eigenvalue weighted by molar-refractivity contribution is 14.1. The van der Waals surface area contributed by atoms with E-state index in [1.54, 1.807) is 7.05 Å². The predicted octanol–water partition coefficient (Wildman–Crippen LogP) is 0.350. The fourth-order valence-corrected chi connectivity index (χ4v) is 1.32. The fourth-order valence-electron chi connectivity index (χ4n) is 0.379. The highest BCUT2D eigenvalue weighted by atomic mass is 127. The van der Waals surface area contributed by atoms with E-state index in [1.165, 1.54) is 0 Å². The van der Waals surface area contributed by atoms with Crippen molar-refractivity contribution in [2.24, 2.45) is 0 Å². The first-order valence-corrected chi connectivity index (χ1v) is 4.08. The minimum atomic E-state index is -0.869. The number of carboxylic acids is 1. The lowest BCUT2D eigenvalue weighted by Crippen LogP contribution is -2.38. The van der Waals surface area contributed by atoms with Gasteiger partial charge in [0.15, 0.2) is 0 Å². The molecular formula is C4H8INO2S. The Morgan fingerprint density at radius 3 is 2.33 bits per heavy atom. The monoisotopic (exact) mass is 261 g/mol. The standard InChI is InChI=1S/C4H8INO2S/c1-6-2(3(5)9)4(7)8/h2-3,6,9H,1H3,(H,7,8)/t2-,3?/m0/s1. The lowest BCUT2D eigenvalue weighted by Gasteiger charge is -2.11. The molecule has 3 nitrogen and oxygen atoms in total. The summed E-state index contributed by atoms with van der Waals surface area (Å²) in [6.07, 6.45) is 0. The maximum absolute atomic E-state index is 10.3. The molecule has 54 valence electrons. The zero-order chi connectivity index (χ0) is 7.44. The summed E-state index contributed by atoms with van der Waals surface area (Å²) in [6.45, 7) is 0. The third-order valence-electron chi connectivity index (χ3n) is 0.852. The molecular weight excluding hydrogens is 253 g/mol. The molecule has 9 heavy (non-hydrogen) atoms. The van der Waals surface area contributed by atoms with E-state index in [0.29, 0.717) is 0 Å². The summed E-state index contributed by atoms with van der Waals surface area (Å²) < 4.78 is -0.190. The lowest BCUT2D eigenvalue weighted by molar-refractivity contribution is -0.138. The molecule has 0 aromatic rings. The van der Waals surface area contributed by atoms with Gasteiger partial charge in [-0.15, -0.1) is 0 Å². The first-order valence-electron chi connectivity index (χ1n) is 2.31. The van der Waals surface area contributed by atoms with Gasteiger partial charge in [-0.1, -0.05) is 22.6 Å². The van der Waals surface area contributed by atoms with E-state index in [2.05, 4.69) is 17.9 Å². The van der Waals surface area contributed by atoms with Crippen LogP contribution in [0.3, 0.4) is 0 Å². The molecule has 1 unspecified atom stereocenters. The molecule has 0 saturated heterocycles. The van der Waals surface area contributed by atoms with E-state index in [4.69, 9.17) is 5.11 Å². The lowest BCUT2D eigenvalue weighted by atomic mass is 10.3. The zero-order valence-corrected chi connectivity index (χ0v) is 7.89. The Hall–Kier alpha value is 0.510. The van der Waals surface area contributed by atoms with Crippen LogP contribution < -0.4 is 5.32 Å². The molecule has 0 aromatic heterocycles. The predicted molar refractivity (Wildman–Crippen MR) is 47.3 cm³/mol. The Bertz CT molecular complexity index is 109. The summed E-state index contributed by atoms with van der Waals surface area (Å²) in [5, 5.41) is 11.0. The number of carbonyl (C=O) groups is 1. The van der Waals surface area contributed by atoms with Crippen molar-refractivity contribution in [1.82, 2.24) is 5.32 Å². The first-order chi connectivity index (χ1) is 4.09. The summed E-state index contributed by atoms with van der Waals surface area (Å²) in [6, 6.07) is -0.561. The van der Waals surface area contributed by atoms with Crippen LogP contribution in [0.1, 0.15) is 0 Å². The molecule has 0 radical (unpaired) electrons. The van der Waals surface area contributed by atoms with Gasteiger partial charge in [-0.3, -0.25) is 4.79 Å². The number of nitrogens with one attached hydrogen (secondary N) is 1. The van der Waals surface area contributed by atoms with Crippen LogP contribution in [0.25, 0.3) is 0 Å². The van der Waals surface area contributed by atoms with Crippen molar-refractivity contribution in [3.05, 3.63) is 0 Å². The number of aliphatic carboxylic acids is 1. The van der Waals surface area contributed by atoms with Crippen LogP contribution in [0, 0.1) is 0 Å². The highest BCUT2D eigenvalue weighted by Gasteiger charge is 2.20. The van der Waals surface area contributed by atoms with Crippen molar-refractivity contribution >= 4 is 41.2 Å². The summed E-state index contributed by atoms with van der Waals surface area (Å²) in [4.78, 5) is 10.3. The van der Waals surface area contributed by atoms with Crippen molar-refractivity contribution < 1.29 is 9.90 Å². The topological polar surface area (TPSA) is 49.3 Å². The van der Waals surface area contributed by atoms with Gasteiger partial charge in [-0.05, 0) is 7.05 Å². The SMILES string of the molecule is CN[C@H](C(=O)O)C(S)I. The van der Waals surface area contributed by atoms with Gasteiger partial charge in [0, 0.05) is 0 Å². The van der Waals surface area contributed by atoms with Crippen LogP contribution in [0.4, 0.5) is 0 Å². The van der Waals surface area contributed by atoms with Crippen molar-refractivity contribution in [3.63, 3.8) is 0 Å². The van der Waals surface area contributed by atoms with E-state index in [9.17, 15) is 4.79 Å². The number of likely N-dealkylation sites (N-methyl/N-ethyl adjacent to an activating group) is 1. The Morgan fingerprint density at radius 1 is 1.89 bits per heavy atom. The molecule has 2 atom stereocenters. The van der Waals surface area contributed by atoms with Gasteiger partial charge in [0.25, 0.3) is 0 Å². The average molecular weight is 261 g/mol. The number of carboxylic acid groups (broad SMARTS) is 1. The smallest absolute Gasteiger partial charge is 0.322 e. The second kappa shape index (κ2) is 4.35. The van der Waals surface area contributed by atoms with E-state index < -0.39 is 12.0 Å². The summed E-state index contributed by atoms with van der Waals surface area (Å²) >= 11 is 5.90. The number of halogens is 1. The Kier molecular flexibility index (Phi) is 4.59. The molecule has 0 aliphatic heterocycles. The number of hydrogen-bond acceptors (Lipinski definition) is 3. The number of hydrogen-bond donors (Lipinski definition) is 3. The molecule has 0 aliphatic carbocycles. The van der Waals surface area contributed by atoms with E-state index in [1.807, 2.05) is 22.6 Å². The number of alkyl halides is 1. The van der Waals surface area contributed by atoms with Crippen LogP contribution >= 0.6 is 35.2 Å². The third-order valence-corrected chi connectivity index (χ3v) is 1.87. The van der Waals surface area contributed by atoms with Crippen molar-refractivity contribution in [3.8, 4) is 0 Å². The van der Waals surface area contributed by atoms with Gasteiger partial charge in [0.05, 0.1) is 3.26 Å². The van der Waals surface area contributed by atoms with Gasteiger partial charge in [-0.2, -0.15) is 12.6 Å². The molecule has 0 bridgehead atoms. The van der Waals surface area contributed by atoms with Crippen LogP contribution in [-0.4, -0.2) is 27.4 Å². The third kappa shape index (κ3) is 3.27. The van der Waals surface area contributed by atoms with Crippen LogP contribution in [-0.2, 0) is 4.79 Å². The fraction of sp³-hybridized carbons (Fsp3) is 0.750. The molecule has 0 fully saturated rings. The van der Waals surface area contributed by atoms with Crippen molar-refractivity contribution in [2.45, 2.75) is 9.30 Å². The first kappa shape index (κ1) is 9.51. The Balaban J connectivity index is 3.83. The van der Waals surface area contributed by atoms with Crippen molar-refractivity contribution in [1.29, 1.82) is 0 Å². The number of rotatable bonds is 3. The minimum Gasteiger partial charge on any atom is -0.480 e. The van der Waals surface area contributed by atoms with Gasteiger partial charge in [0.1, 0.15) is 6.04 Å². The largest absolute Gasteiger partial charge is 0.480 e. The zero-order valence-electron chi connectivity index (χ0n) is 4.84. The van der Waals surface area contributed by atoms with Gasteiger partial charge in [-0.25, -0.2) is 0 Å². The summed E-state index contributed by atoms with van der Waals surface area (Å²) in [5.41, 5.74) is 0. The van der Waals surface area contributed by atoms with Gasteiger partial charge in [0.2, 0.25) is 0 Å².